The van der Waals surface area contributed by atoms with Crippen LogP contribution >= 0.6 is 0 Å². The second-order valence-electron chi connectivity index (χ2n) is 3.56. The maximum atomic E-state index is 2.34. The van der Waals surface area contributed by atoms with E-state index in [2.05, 4.69) is 33.8 Å². The van der Waals surface area contributed by atoms with E-state index in [0.717, 1.165) is 5.92 Å². The maximum absolute atomic E-state index is 2.34. The van der Waals surface area contributed by atoms with Gasteiger partial charge in [0.1, 0.15) is 0 Å². The van der Waals surface area contributed by atoms with Gasteiger partial charge in [-0.05, 0) is 25.7 Å². The molecule has 11 heavy (non-hydrogen) atoms. The highest BCUT2D eigenvalue weighted by Gasteiger charge is 2.00. The Morgan fingerprint density at radius 1 is 1.36 bits per heavy atom. The van der Waals surface area contributed by atoms with Gasteiger partial charge in [-0.2, -0.15) is 0 Å². The first-order chi connectivity index (χ1) is 5.20. The summed E-state index contributed by atoms with van der Waals surface area (Å²) >= 11 is 0. The van der Waals surface area contributed by atoms with Crippen LogP contribution < -0.4 is 0 Å². The Hall–Kier alpha value is -0.260. The van der Waals surface area contributed by atoms with E-state index >= 15 is 0 Å². The topological polar surface area (TPSA) is 0 Å². The first-order valence-corrected chi connectivity index (χ1v) is 4.86. The van der Waals surface area contributed by atoms with Gasteiger partial charge < -0.3 is 0 Å². The lowest BCUT2D eigenvalue weighted by atomic mass is 9.97. The van der Waals surface area contributed by atoms with Gasteiger partial charge in [0.05, 0.1) is 0 Å². The van der Waals surface area contributed by atoms with Gasteiger partial charge in [-0.25, -0.2) is 0 Å². The van der Waals surface area contributed by atoms with Crippen molar-refractivity contribution in [2.45, 2.75) is 53.4 Å². The molecular formula is C11H22. The molecule has 0 aliphatic heterocycles. The predicted molar refractivity (Wildman–Crippen MR) is 52.7 cm³/mol. The largest absolute Gasteiger partial charge is 0.0859 e. The van der Waals surface area contributed by atoms with Crippen LogP contribution in [-0.2, 0) is 0 Å². The Bertz CT molecular complexity index is 111. The van der Waals surface area contributed by atoms with Crippen molar-refractivity contribution in [1.82, 2.24) is 0 Å². The second-order valence-corrected chi connectivity index (χ2v) is 3.56. The highest BCUT2D eigenvalue weighted by molar-refractivity contribution is 4.97. The summed E-state index contributed by atoms with van der Waals surface area (Å²) in [7, 11) is 0. The van der Waals surface area contributed by atoms with Crippen LogP contribution in [0.1, 0.15) is 53.4 Å². The summed E-state index contributed by atoms with van der Waals surface area (Å²) in [6.45, 7) is 9.05. The zero-order valence-corrected chi connectivity index (χ0v) is 8.48. The third-order valence-electron chi connectivity index (χ3n) is 2.00. The van der Waals surface area contributed by atoms with E-state index in [1.165, 1.54) is 25.7 Å². The van der Waals surface area contributed by atoms with Crippen molar-refractivity contribution >= 4 is 0 Å². The highest BCUT2D eigenvalue weighted by atomic mass is 14.1. The normalized spacial score (nSPS) is 15.1. The second kappa shape index (κ2) is 6.45. The van der Waals surface area contributed by atoms with Gasteiger partial charge >= 0.3 is 0 Å². The molecule has 0 radical (unpaired) electrons. The molecule has 0 heterocycles. The average Bonchev–Trinajstić information content (AvgIpc) is 1.87. The predicted octanol–water partition coefficient (Wildman–Crippen LogP) is 4.17. The lowest BCUT2D eigenvalue weighted by molar-refractivity contribution is 0.519. The zero-order chi connectivity index (χ0) is 8.69. The van der Waals surface area contributed by atoms with Gasteiger partial charge in [0.2, 0.25) is 0 Å². The van der Waals surface area contributed by atoms with E-state index in [1.54, 1.807) is 5.57 Å². The van der Waals surface area contributed by atoms with Crippen LogP contribution in [0.3, 0.4) is 0 Å². The minimum atomic E-state index is 0.878. The molecule has 0 aromatic carbocycles. The van der Waals surface area contributed by atoms with E-state index < -0.39 is 0 Å². The Kier molecular flexibility index (Phi) is 6.30. The van der Waals surface area contributed by atoms with Crippen molar-refractivity contribution in [3.63, 3.8) is 0 Å². The Balaban J connectivity index is 3.56. The molecule has 1 atom stereocenters. The summed E-state index contributed by atoms with van der Waals surface area (Å²) in [5.74, 6) is 0.878. The molecule has 0 saturated heterocycles. The third-order valence-corrected chi connectivity index (χ3v) is 2.00. The lowest BCUT2D eigenvalue weighted by Gasteiger charge is -2.09. The molecule has 0 bridgehead atoms. The third kappa shape index (κ3) is 6.15. The first kappa shape index (κ1) is 10.7. The highest BCUT2D eigenvalue weighted by Crippen LogP contribution is 2.15. The summed E-state index contributed by atoms with van der Waals surface area (Å²) in [6.07, 6.45) is 7.51. The van der Waals surface area contributed by atoms with Crippen molar-refractivity contribution in [2.75, 3.05) is 0 Å². The number of hydrogen-bond acceptors (Lipinski definition) is 0. The van der Waals surface area contributed by atoms with Crippen LogP contribution in [0.4, 0.5) is 0 Å². The Morgan fingerprint density at radius 3 is 2.45 bits per heavy atom. The molecule has 66 valence electrons. The summed E-state index contributed by atoms with van der Waals surface area (Å²) in [6, 6.07) is 0. The van der Waals surface area contributed by atoms with E-state index in [1.807, 2.05) is 0 Å². The zero-order valence-electron chi connectivity index (χ0n) is 8.48. The van der Waals surface area contributed by atoms with Crippen molar-refractivity contribution in [3.05, 3.63) is 11.6 Å². The summed E-state index contributed by atoms with van der Waals surface area (Å²) in [5.41, 5.74) is 1.56. The molecule has 0 amide bonds. The molecule has 0 spiro atoms. The monoisotopic (exact) mass is 154 g/mol. The molecular weight excluding hydrogens is 132 g/mol. The molecule has 0 fully saturated rings. The lowest BCUT2D eigenvalue weighted by Crippen LogP contribution is -1.94. The molecule has 0 saturated carbocycles. The van der Waals surface area contributed by atoms with Crippen LogP contribution in [0.15, 0.2) is 11.6 Å². The van der Waals surface area contributed by atoms with Crippen LogP contribution in [-0.4, -0.2) is 0 Å². The maximum Gasteiger partial charge on any atom is -0.0297 e. The van der Waals surface area contributed by atoms with Gasteiger partial charge in [0.25, 0.3) is 0 Å². The van der Waals surface area contributed by atoms with Gasteiger partial charge in [-0.3, -0.25) is 0 Å². The quantitative estimate of drug-likeness (QED) is 0.521. The molecule has 1 unspecified atom stereocenters. The molecule has 0 aromatic heterocycles. The summed E-state index contributed by atoms with van der Waals surface area (Å²) < 4.78 is 0. The SMILES string of the molecule is CCC=C(C)CC(C)CCC. The van der Waals surface area contributed by atoms with Gasteiger partial charge in [0.15, 0.2) is 0 Å². The standard InChI is InChI=1S/C11H22/c1-5-7-10(3)9-11(4)8-6-2/h7,11H,5-6,8-9H2,1-4H3. The number of rotatable bonds is 5. The molecule has 0 aromatic rings. The molecule has 0 rings (SSSR count). The van der Waals surface area contributed by atoms with Crippen molar-refractivity contribution in [3.8, 4) is 0 Å². The minimum Gasteiger partial charge on any atom is -0.0859 e. The fourth-order valence-corrected chi connectivity index (χ4v) is 1.58. The van der Waals surface area contributed by atoms with Gasteiger partial charge in [-0.1, -0.05) is 45.3 Å². The fraction of sp³-hybridized carbons (Fsp3) is 0.818. The van der Waals surface area contributed by atoms with Crippen LogP contribution in [0.2, 0.25) is 0 Å². The summed E-state index contributed by atoms with van der Waals surface area (Å²) in [5, 5.41) is 0. The Labute approximate surface area is 71.7 Å². The van der Waals surface area contributed by atoms with E-state index in [9.17, 15) is 0 Å². The molecule has 0 heteroatoms. The first-order valence-electron chi connectivity index (χ1n) is 4.86. The van der Waals surface area contributed by atoms with Gasteiger partial charge in [0, 0.05) is 0 Å². The number of allylic oxidation sites excluding steroid dienone is 2. The van der Waals surface area contributed by atoms with Crippen LogP contribution in [0, 0.1) is 5.92 Å². The molecule has 0 aliphatic carbocycles. The van der Waals surface area contributed by atoms with Crippen molar-refractivity contribution < 1.29 is 0 Å². The average molecular weight is 154 g/mol. The van der Waals surface area contributed by atoms with E-state index in [0.29, 0.717) is 0 Å². The van der Waals surface area contributed by atoms with E-state index in [-0.39, 0.29) is 0 Å². The Morgan fingerprint density at radius 2 is 2.00 bits per heavy atom. The van der Waals surface area contributed by atoms with Crippen molar-refractivity contribution in [1.29, 1.82) is 0 Å². The molecule has 0 aliphatic rings. The van der Waals surface area contributed by atoms with Crippen LogP contribution in [0.25, 0.3) is 0 Å². The molecule has 0 nitrogen and oxygen atoms in total. The number of hydrogen-bond donors (Lipinski definition) is 0. The summed E-state index contributed by atoms with van der Waals surface area (Å²) in [4.78, 5) is 0. The molecule has 0 N–H and O–H groups in total. The van der Waals surface area contributed by atoms with Gasteiger partial charge in [-0.15, -0.1) is 0 Å². The van der Waals surface area contributed by atoms with E-state index in [4.69, 9.17) is 0 Å². The smallest absolute Gasteiger partial charge is 0.0297 e. The van der Waals surface area contributed by atoms with Crippen LogP contribution in [0.5, 0.6) is 0 Å². The van der Waals surface area contributed by atoms with Crippen molar-refractivity contribution in [2.24, 2.45) is 5.92 Å². The minimum absolute atomic E-state index is 0.878. The fourth-order valence-electron chi connectivity index (χ4n) is 1.58.